The average molecular weight is 504 g/mol. The summed E-state index contributed by atoms with van der Waals surface area (Å²) in [5.41, 5.74) is 1.03. The Morgan fingerprint density at radius 1 is 0.943 bits per heavy atom. The first-order valence-corrected chi connectivity index (χ1v) is 12.9. The number of amides is 2. The number of ether oxygens (including phenoxy) is 2. The number of carbonyl (C=O) groups excluding carboxylic acids is 2. The van der Waals surface area contributed by atoms with Gasteiger partial charge in [0.2, 0.25) is 5.91 Å². The van der Waals surface area contributed by atoms with Crippen molar-refractivity contribution in [2.75, 3.05) is 44.3 Å². The largest absolute Gasteiger partial charge is 0.457 e. The Morgan fingerprint density at radius 3 is 2.03 bits per heavy atom. The lowest BCUT2D eigenvalue weighted by atomic mass is 10.00. The highest BCUT2D eigenvalue weighted by atomic mass is 32.2. The van der Waals surface area contributed by atoms with Crippen molar-refractivity contribution < 1.29 is 32.7 Å². The zero-order chi connectivity index (χ0) is 25.0. The highest BCUT2D eigenvalue weighted by molar-refractivity contribution is 7.89. The molecule has 0 atom stereocenters. The summed E-state index contributed by atoms with van der Waals surface area (Å²) in [6.45, 7) is 5.19. The van der Waals surface area contributed by atoms with E-state index in [1.807, 2.05) is 29.2 Å². The van der Waals surface area contributed by atoms with Crippen molar-refractivity contribution >= 4 is 27.5 Å². The zero-order valence-electron chi connectivity index (χ0n) is 19.5. The van der Waals surface area contributed by atoms with Crippen molar-refractivity contribution in [3.63, 3.8) is 0 Å². The van der Waals surface area contributed by atoms with Crippen LogP contribution in [0.25, 0.3) is 0 Å². The molecule has 0 radical (unpaired) electrons. The second-order valence-corrected chi connectivity index (χ2v) is 10.3. The Hall–Kier alpha value is -3.15. The SMILES string of the molecule is CC(=O)N1CCN(c2ccc(Oc3ccc(S(=O)(=O)N(O)C(=O)C4CCOCC4)cc3)cc2)CC1. The van der Waals surface area contributed by atoms with E-state index in [9.17, 15) is 23.2 Å². The van der Waals surface area contributed by atoms with Crippen LogP contribution in [0.2, 0.25) is 0 Å². The van der Waals surface area contributed by atoms with Gasteiger partial charge >= 0.3 is 0 Å². The van der Waals surface area contributed by atoms with Crippen molar-refractivity contribution in [1.29, 1.82) is 0 Å². The fraction of sp³-hybridized carbons (Fsp3) is 0.417. The summed E-state index contributed by atoms with van der Waals surface area (Å²) in [5, 5.41) is 10.1. The minimum atomic E-state index is -4.39. The molecule has 188 valence electrons. The topological polar surface area (TPSA) is 117 Å². The predicted molar refractivity (Wildman–Crippen MR) is 127 cm³/mol. The Labute approximate surface area is 204 Å². The number of nitrogens with zero attached hydrogens (tertiary/aromatic N) is 3. The number of sulfonamides is 1. The van der Waals surface area contributed by atoms with Gasteiger partial charge in [-0.05, 0) is 61.4 Å². The van der Waals surface area contributed by atoms with E-state index < -0.39 is 21.8 Å². The number of rotatable bonds is 6. The summed E-state index contributed by atoms with van der Waals surface area (Å²) in [7, 11) is -4.39. The Morgan fingerprint density at radius 2 is 1.49 bits per heavy atom. The van der Waals surface area contributed by atoms with E-state index in [0.29, 0.717) is 50.6 Å². The molecule has 0 bridgehead atoms. The van der Waals surface area contributed by atoms with Gasteiger partial charge < -0.3 is 19.3 Å². The van der Waals surface area contributed by atoms with Crippen molar-refractivity contribution in [1.82, 2.24) is 9.37 Å². The summed E-state index contributed by atoms with van der Waals surface area (Å²) in [6.07, 6.45) is 0.733. The van der Waals surface area contributed by atoms with Gasteiger partial charge in [-0.15, -0.1) is 4.47 Å². The number of hydrogen-bond donors (Lipinski definition) is 1. The third-order valence-electron chi connectivity index (χ3n) is 6.27. The van der Waals surface area contributed by atoms with Crippen LogP contribution in [0.5, 0.6) is 11.5 Å². The third kappa shape index (κ3) is 5.75. The molecule has 0 aliphatic carbocycles. The van der Waals surface area contributed by atoms with E-state index in [4.69, 9.17) is 9.47 Å². The van der Waals surface area contributed by atoms with Crippen molar-refractivity contribution in [2.45, 2.75) is 24.7 Å². The molecule has 10 nitrogen and oxygen atoms in total. The van der Waals surface area contributed by atoms with Gasteiger partial charge in [0.15, 0.2) is 0 Å². The fourth-order valence-electron chi connectivity index (χ4n) is 4.14. The number of hydroxylamine groups is 1. The van der Waals surface area contributed by atoms with Gasteiger partial charge in [-0.25, -0.2) is 0 Å². The smallest absolute Gasteiger partial charge is 0.289 e. The second kappa shape index (κ2) is 10.6. The van der Waals surface area contributed by atoms with E-state index >= 15 is 0 Å². The molecule has 35 heavy (non-hydrogen) atoms. The molecule has 2 amide bonds. The van der Waals surface area contributed by atoms with E-state index in [1.54, 1.807) is 6.92 Å². The lowest BCUT2D eigenvalue weighted by Gasteiger charge is -2.35. The van der Waals surface area contributed by atoms with Gasteiger partial charge in [0.05, 0.1) is 4.90 Å². The van der Waals surface area contributed by atoms with Crippen molar-refractivity contribution in [3.05, 3.63) is 48.5 Å². The van der Waals surface area contributed by atoms with Gasteiger partial charge in [0.1, 0.15) is 11.5 Å². The van der Waals surface area contributed by atoms with Crippen LogP contribution in [0.1, 0.15) is 19.8 Å². The maximum atomic E-state index is 12.7. The lowest BCUT2D eigenvalue weighted by molar-refractivity contribution is -0.153. The maximum absolute atomic E-state index is 12.7. The van der Waals surface area contributed by atoms with Crippen LogP contribution in [-0.4, -0.2) is 74.2 Å². The first-order chi connectivity index (χ1) is 16.8. The normalized spacial score (nSPS) is 17.2. The summed E-state index contributed by atoms with van der Waals surface area (Å²) in [5.74, 6) is -0.370. The first kappa shape index (κ1) is 25.0. The van der Waals surface area contributed by atoms with E-state index in [0.717, 1.165) is 18.8 Å². The Bertz CT molecular complexity index is 1140. The zero-order valence-corrected chi connectivity index (χ0v) is 20.3. The van der Waals surface area contributed by atoms with Crippen LogP contribution < -0.4 is 9.64 Å². The molecule has 2 heterocycles. The van der Waals surface area contributed by atoms with Gasteiger partial charge in [-0.2, -0.15) is 8.42 Å². The Balaban J connectivity index is 1.36. The molecule has 0 spiro atoms. The third-order valence-corrected chi connectivity index (χ3v) is 7.77. The average Bonchev–Trinajstić information content (AvgIpc) is 2.89. The van der Waals surface area contributed by atoms with Crippen LogP contribution in [0, 0.1) is 5.92 Å². The molecule has 0 unspecified atom stereocenters. The van der Waals surface area contributed by atoms with Crippen LogP contribution in [-0.2, 0) is 24.3 Å². The maximum Gasteiger partial charge on any atom is 0.289 e. The molecule has 11 heteroatoms. The van der Waals surface area contributed by atoms with E-state index in [-0.39, 0.29) is 15.3 Å². The van der Waals surface area contributed by atoms with E-state index in [1.165, 1.54) is 24.3 Å². The minimum Gasteiger partial charge on any atom is -0.457 e. The highest BCUT2D eigenvalue weighted by Crippen LogP contribution is 2.27. The number of hydrogen-bond acceptors (Lipinski definition) is 8. The molecule has 1 N–H and O–H groups in total. The van der Waals surface area contributed by atoms with Crippen molar-refractivity contribution in [3.8, 4) is 11.5 Å². The van der Waals surface area contributed by atoms with Gasteiger partial charge in [0.25, 0.3) is 15.9 Å². The predicted octanol–water partition coefficient (Wildman–Crippen LogP) is 2.48. The van der Waals surface area contributed by atoms with Gasteiger partial charge in [-0.3, -0.25) is 14.8 Å². The van der Waals surface area contributed by atoms with Crippen LogP contribution in [0.3, 0.4) is 0 Å². The number of piperazine rings is 1. The monoisotopic (exact) mass is 503 g/mol. The van der Waals surface area contributed by atoms with Crippen LogP contribution in [0.4, 0.5) is 5.69 Å². The summed E-state index contributed by atoms with van der Waals surface area (Å²) < 4.78 is 36.2. The molecular formula is C24H29N3O7S. The minimum absolute atomic E-state index is 0.0878. The molecule has 2 aromatic rings. The van der Waals surface area contributed by atoms with Crippen molar-refractivity contribution in [2.24, 2.45) is 5.92 Å². The number of benzene rings is 2. The lowest BCUT2D eigenvalue weighted by Crippen LogP contribution is -2.48. The first-order valence-electron chi connectivity index (χ1n) is 11.5. The molecular weight excluding hydrogens is 474 g/mol. The summed E-state index contributed by atoms with van der Waals surface area (Å²) in [4.78, 5) is 27.7. The second-order valence-electron chi connectivity index (χ2n) is 8.53. The molecule has 2 fully saturated rings. The molecule has 4 rings (SSSR count). The molecule has 2 saturated heterocycles. The molecule has 2 aromatic carbocycles. The molecule has 2 aliphatic rings. The van der Waals surface area contributed by atoms with Crippen LogP contribution >= 0.6 is 0 Å². The summed E-state index contributed by atoms with van der Waals surface area (Å²) in [6, 6.07) is 13.0. The fourth-order valence-corrected chi connectivity index (χ4v) is 5.20. The highest BCUT2D eigenvalue weighted by Gasteiger charge is 2.34. The number of anilines is 1. The quantitative estimate of drug-likeness (QED) is 0.472. The summed E-state index contributed by atoms with van der Waals surface area (Å²) >= 11 is 0. The van der Waals surface area contributed by atoms with Crippen LogP contribution in [0.15, 0.2) is 53.4 Å². The molecule has 2 aliphatic heterocycles. The van der Waals surface area contributed by atoms with Gasteiger partial charge in [0, 0.05) is 57.9 Å². The van der Waals surface area contributed by atoms with E-state index in [2.05, 4.69) is 4.90 Å². The standard InChI is InChI=1S/C24H29N3O7S/c1-18(28)25-12-14-26(15-13-25)20-2-4-21(5-3-20)34-22-6-8-23(9-7-22)35(31,32)27(30)24(29)19-10-16-33-17-11-19/h2-9,19,30H,10-17H2,1H3. The van der Waals surface area contributed by atoms with Gasteiger partial charge in [-0.1, -0.05) is 0 Å². The molecule has 0 aromatic heterocycles. The molecule has 0 saturated carbocycles. The number of carbonyl (C=O) groups is 2. The Kier molecular flexibility index (Phi) is 7.58.